The fourth-order valence-electron chi connectivity index (χ4n) is 3.45. The Morgan fingerprint density at radius 2 is 1.75 bits per heavy atom. The molecule has 2 N–H and O–H groups in total. The summed E-state index contributed by atoms with van der Waals surface area (Å²) in [5.74, 6) is 0.901. The summed E-state index contributed by atoms with van der Waals surface area (Å²) in [6.07, 6.45) is 1.63. The highest BCUT2D eigenvalue weighted by molar-refractivity contribution is 5.88. The standard InChI is InChI=1S/C20H24N2O2/c1-24-18-10-6-5-7-16(18)15-22-19(23)20(11-13-21-14-12-20)17-8-3-2-4-9-17/h2-10,21H,11-15H2,1H3,(H,22,23). The zero-order chi connectivity index (χ0) is 16.8. The second-order valence-corrected chi connectivity index (χ2v) is 6.19. The second kappa shape index (κ2) is 7.49. The molecule has 0 saturated carbocycles. The van der Waals surface area contributed by atoms with E-state index in [-0.39, 0.29) is 5.91 Å². The Labute approximate surface area is 143 Å². The zero-order valence-electron chi connectivity index (χ0n) is 14.0. The van der Waals surface area contributed by atoms with Crippen LogP contribution in [0.15, 0.2) is 54.6 Å². The highest BCUT2D eigenvalue weighted by Gasteiger charge is 2.40. The fourth-order valence-corrected chi connectivity index (χ4v) is 3.45. The lowest BCUT2D eigenvalue weighted by Crippen LogP contribution is -2.50. The molecule has 0 aliphatic carbocycles. The van der Waals surface area contributed by atoms with E-state index in [0.29, 0.717) is 6.54 Å². The van der Waals surface area contributed by atoms with Gasteiger partial charge in [-0.15, -0.1) is 0 Å². The number of hydrogen-bond acceptors (Lipinski definition) is 3. The first kappa shape index (κ1) is 16.5. The SMILES string of the molecule is COc1ccccc1CNC(=O)C1(c2ccccc2)CCNCC1. The van der Waals surface area contributed by atoms with Crippen LogP contribution in [0.2, 0.25) is 0 Å². The Hall–Kier alpha value is -2.33. The molecule has 0 atom stereocenters. The van der Waals surface area contributed by atoms with Crippen molar-refractivity contribution in [1.82, 2.24) is 10.6 Å². The van der Waals surface area contributed by atoms with Crippen LogP contribution in [0.1, 0.15) is 24.0 Å². The molecule has 2 aromatic carbocycles. The summed E-state index contributed by atoms with van der Waals surface area (Å²) in [6, 6.07) is 17.9. The van der Waals surface area contributed by atoms with Gasteiger partial charge in [0.25, 0.3) is 0 Å². The molecular formula is C20H24N2O2. The number of carbonyl (C=O) groups excluding carboxylic acids is 1. The molecule has 4 heteroatoms. The first-order valence-electron chi connectivity index (χ1n) is 8.43. The molecule has 2 aromatic rings. The minimum absolute atomic E-state index is 0.0982. The first-order chi connectivity index (χ1) is 11.8. The number of amides is 1. The van der Waals surface area contributed by atoms with Crippen LogP contribution in [0.5, 0.6) is 5.75 Å². The quantitative estimate of drug-likeness (QED) is 0.889. The summed E-state index contributed by atoms with van der Waals surface area (Å²) >= 11 is 0. The molecule has 3 rings (SSSR count). The number of benzene rings is 2. The molecule has 0 bridgehead atoms. The molecule has 1 saturated heterocycles. The third-order valence-corrected chi connectivity index (χ3v) is 4.85. The maximum Gasteiger partial charge on any atom is 0.231 e. The number of rotatable bonds is 5. The van der Waals surface area contributed by atoms with Crippen molar-refractivity contribution in [3.8, 4) is 5.75 Å². The van der Waals surface area contributed by atoms with Crippen molar-refractivity contribution in [3.63, 3.8) is 0 Å². The molecule has 0 radical (unpaired) electrons. The van der Waals surface area contributed by atoms with Gasteiger partial charge in [0, 0.05) is 12.1 Å². The number of nitrogens with one attached hydrogen (secondary N) is 2. The van der Waals surface area contributed by atoms with Crippen molar-refractivity contribution in [1.29, 1.82) is 0 Å². The van der Waals surface area contributed by atoms with Gasteiger partial charge in [-0.2, -0.15) is 0 Å². The average molecular weight is 324 g/mol. The molecular weight excluding hydrogens is 300 g/mol. The molecule has 1 amide bonds. The fraction of sp³-hybridized carbons (Fsp3) is 0.350. The van der Waals surface area contributed by atoms with E-state index in [1.807, 2.05) is 42.5 Å². The van der Waals surface area contributed by atoms with Gasteiger partial charge < -0.3 is 15.4 Å². The maximum absolute atomic E-state index is 13.1. The Balaban J connectivity index is 1.80. The Morgan fingerprint density at radius 3 is 2.46 bits per heavy atom. The van der Waals surface area contributed by atoms with E-state index in [2.05, 4.69) is 22.8 Å². The van der Waals surface area contributed by atoms with Crippen molar-refractivity contribution in [2.75, 3.05) is 20.2 Å². The predicted molar refractivity (Wildman–Crippen MR) is 95.1 cm³/mol. The smallest absolute Gasteiger partial charge is 0.231 e. The minimum Gasteiger partial charge on any atom is -0.496 e. The first-order valence-corrected chi connectivity index (χ1v) is 8.43. The third kappa shape index (κ3) is 3.29. The van der Waals surface area contributed by atoms with Gasteiger partial charge in [-0.1, -0.05) is 48.5 Å². The highest BCUT2D eigenvalue weighted by Crippen LogP contribution is 2.34. The van der Waals surface area contributed by atoms with E-state index in [0.717, 1.165) is 42.8 Å². The van der Waals surface area contributed by atoms with Crippen LogP contribution >= 0.6 is 0 Å². The van der Waals surface area contributed by atoms with Gasteiger partial charge in [0.2, 0.25) is 5.91 Å². The van der Waals surface area contributed by atoms with Crippen LogP contribution < -0.4 is 15.4 Å². The van der Waals surface area contributed by atoms with Gasteiger partial charge in [-0.3, -0.25) is 4.79 Å². The Kier molecular flexibility index (Phi) is 5.16. The summed E-state index contributed by atoms with van der Waals surface area (Å²) in [6.45, 7) is 2.19. The molecule has 1 fully saturated rings. The molecule has 1 aliphatic rings. The lowest BCUT2D eigenvalue weighted by molar-refractivity contribution is -0.128. The van der Waals surface area contributed by atoms with Gasteiger partial charge in [0.1, 0.15) is 5.75 Å². The molecule has 0 unspecified atom stereocenters. The lowest BCUT2D eigenvalue weighted by Gasteiger charge is -2.36. The summed E-state index contributed by atoms with van der Waals surface area (Å²) in [4.78, 5) is 13.1. The van der Waals surface area contributed by atoms with Crippen LogP contribution in [0, 0.1) is 0 Å². The van der Waals surface area contributed by atoms with Crippen molar-refractivity contribution < 1.29 is 9.53 Å². The van der Waals surface area contributed by atoms with Crippen LogP contribution in [0.25, 0.3) is 0 Å². The molecule has 126 valence electrons. The number of piperidine rings is 1. The monoisotopic (exact) mass is 324 g/mol. The van der Waals surface area contributed by atoms with Crippen molar-refractivity contribution in [3.05, 3.63) is 65.7 Å². The highest BCUT2D eigenvalue weighted by atomic mass is 16.5. The molecule has 0 aromatic heterocycles. The Bertz CT molecular complexity index is 679. The van der Waals surface area contributed by atoms with Gasteiger partial charge in [-0.05, 0) is 37.6 Å². The topological polar surface area (TPSA) is 50.4 Å². The van der Waals surface area contributed by atoms with E-state index < -0.39 is 5.41 Å². The maximum atomic E-state index is 13.1. The second-order valence-electron chi connectivity index (χ2n) is 6.19. The van der Waals surface area contributed by atoms with E-state index >= 15 is 0 Å². The lowest BCUT2D eigenvalue weighted by atomic mass is 9.72. The number of hydrogen-bond donors (Lipinski definition) is 2. The summed E-state index contributed by atoms with van der Waals surface area (Å²) < 4.78 is 5.37. The van der Waals surface area contributed by atoms with E-state index in [1.54, 1.807) is 7.11 Å². The van der Waals surface area contributed by atoms with E-state index in [4.69, 9.17) is 4.74 Å². The average Bonchev–Trinajstić information content (AvgIpc) is 2.67. The van der Waals surface area contributed by atoms with Gasteiger partial charge >= 0.3 is 0 Å². The molecule has 4 nitrogen and oxygen atoms in total. The van der Waals surface area contributed by atoms with E-state index in [9.17, 15) is 4.79 Å². The largest absolute Gasteiger partial charge is 0.496 e. The molecule has 1 heterocycles. The summed E-state index contributed by atoms with van der Waals surface area (Å²) in [5.41, 5.74) is 1.64. The zero-order valence-corrected chi connectivity index (χ0v) is 14.0. The van der Waals surface area contributed by atoms with Crippen LogP contribution in [0.3, 0.4) is 0 Å². The number of para-hydroxylation sites is 1. The number of ether oxygens (including phenoxy) is 1. The van der Waals surface area contributed by atoms with Crippen LogP contribution in [-0.2, 0) is 16.8 Å². The molecule has 0 spiro atoms. The predicted octanol–water partition coefficient (Wildman–Crippen LogP) is 2.63. The van der Waals surface area contributed by atoms with Crippen LogP contribution in [-0.4, -0.2) is 26.1 Å². The minimum atomic E-state index is -0.450. The number of methoxy groups -OCH3 is 1. The molecule has 24 heavy (non-hydrogen) atoms. The summed E-state index contributed by atoms with van der Waals surface area (Å²) in [7, 11) is 1.65. The van der Waals surface area contributed by atoms with Crippen molar-refractivity contribution >= 4 is 5.91 Å². The molecule has 1 aliphatic heterocycles. The third-order valence-electron chi connectivity index (χ3n) is 4.85. The Morgan fingerprint density at radius 1 is 1.08 bits per heavy atom. The van der Waals surface area contributed by atoms with E-state index in [1.165, 1.54) is 0 Å². The van der Waals surface area contributed by atoms with Gasteiger partial charge in [0.05, 0.1) is 12.5 Å². The van der Waals surface area contributed by atoms with Crippen LogP contribution in [0.4, 0.5) is 0 Å². The number of carbonyl (C=O) groups is 1. The van der Waals surface area contributed by atoms with Crippen molar-refractivity contribution in [2.24, 2.45) is 0 Å². The van der Waals surface area contributed by atoms with Crippen molar-refractivity contribution in [2.45, 2.75) is 24.8 Å². The normalized spacial score (nSPS) is 16.4. The van der Waals surface area contributed by atoms with Gasteiger partial charge in [-0.25, -0.2) is 0 Å². The van der Waals surface area contributed by atoms with Gasteiger partial charge in [0.15, 0.2) is 0 Å². The summed E-state index contributed by atoms with van der Waals surface area (Å²) in [5, 5.41) is 6.49.